The van der Waals surface area contributed by atoms with E-state index in [1.54, 1.807) is 12.0 Å². The summed E-state index contributed by atoms with van der Waals surface area (Å²) in [4.78, 5) is 13.6. The number of hydrogen-bond acceptors (Lipinski definition) is 4. The van der Waals surface area contributed by atoms with E-state index < -0.39 is 5.60 Å². The van der Waals surface area contributed by atoms with Gasteiger partial charge in [-0.3, -0.25) is 0 Å². The number of carbonyl (C=O) groups is 1. The molecule has 0 saturated carbocycles. The summed E-state index contributed by atoms with van der Waals surface area (Å²) in [5.41, 5.74) is -0.500. The molecule has 1 N–H and O–H groups in total. The van der Waals surface area contributed by atoms with E-state index in [9.17, 15) is 9.90 Å². The molecule has 1 aliphatic heterocycles. The summed E-state index contributed by atoms with van der Waals surface area (Å²) in [6.07, 6.45) is 1.32. The van der Waals surface area contributed by atoms with Crippen molar-refractivity contribution in [3.05, 3.63) is 0 Å². The average molecular weight is 259 g/mol. The number of amides is 1. The van der Waals surface area contributed by atoms with Crippen LogP contribution in [0.5, 0.6) is 0 Å². The van der Waals surface area contributed by atoms with Gasteiger partial charge in [-0.1, -0.05) is 0 Å². The van der Waals surface area contributed by atoms with E-state index in [-0.39, 0.29) is 18.7 Å². The van der Waals surface area contributed by atoms with Crippen molar-refractivity contribution in [3.8, 4) is 0 Å². The lowest BCUT2D eigenvalue weighted by molar-refractivity contribution is -0.0111. The first-order chi connectivity index (χ1) is 8.37. The summed E-state index contributed by atoms with van der Waals surface area (Å²) >= 11 is 0. The van der Waals surface area contributed by atoms with Crippen LogP contribution in [0.25, 0.3) is 0 Å². The number of ether oxygens (including phenoxy) is 2. The van der Waals surface area contributed by atoms with Crippen molar-refractivity contribution in [2.24, 2.45) is 5.92 Å². The lowest BCUT2D eigenvalue weighted by atomic mass is 9.92. The van der Waals surface area contributed by atoms with Crippen molar-refractivity contribution in [3.63, 3.8) is 0 Å². The van der Waals surface area contributed by atoms with Gasteiger partial charge in [-0.2, -0.15) is 0 Å². The molecule has 1 saturated heterocycles. The van der Waals surface area contributed by atoms with Crippen LogP contribution in [0.4, 0.5) is 4.79 Å². The van der Waals surface area contributed by atoms with Gasteiger partial charge in [0.05, 0.1) is 12.6 Å². The first-order valence-electron chi connectivity index (χ1n) is 6.46. The number of aliphatic hydroxyl groups excluding tert-OH is 1. The summed E-state index contributed by atoms with van der Waals surface area (Å²) in [6, 6.07) is -0.159. The molecule has 0 bridgehead atoms. The molecule has 2 unspecified atom stereocenters. The molecule has 1 heterocycles. The second kappa shape index (κ2) is 6.38. The Morgan fingerprint density at radius 1 is 1.44 bits per heavy atom. The number of methoxy groups -OCH3 is 1. The van der Waals surface area contributed by atoms with Crippen LogP contribution in [-0.2, 0) is 9.47 Å². The minimum atomic E-state index is -0.500. The van der Waals surface area contributed by atoms with Crippen molar-refractivity contribution in [2.45, 2.75) is 45.3 Å². The molecule has 0 spiro atoms. The zero-order valence-corrected chi connectivity index (χ0v) is 11.8. The highest BCUT2D eigenvalue weighted by molar-refractivity contribution is 5.68. The Balaban J connectivity index is 2.58. The smallest absolute Gasteiger partial charge is 0.410 e. The zero-order chi connectivity index (χ0) is 13.8. The van der Waals surface area contributed by atoms with Crippen LogP contribution in [-0.4, -0.2) is 54.6 Å². The standard InChI is InChI=1S/C13H25NO4/c1-13(2,3)18-12(16)14-6-5-10(9-17-4)7-11(14)8-15/h10-11,15H,5-9H2,1-4H3. The molecule has 1 amide bonds. The number of hydrogen-bond donors (Lipinski definition) is 1. The SMILES string of the molecule is COCC1CCN(C(=O)OC(C)(C)C)C(CO)C1. The van der Waals surface area contributed by atoms with Gasteiger partial charge in [0, 0.05) is 20.3 Å². The molecule has 5 nitrogen and oxygen atoms in total. The molecule has 0 aromatic carbocycles. The normalized spacial score (nSPS) is 25.1. The van der Waals surface area contributed by atoms with E-state index in [1.807, 2.05) is 20.8 Å². The molecule has 1 rings (SSSR count). The minimum Gasteiger partial charge on any atom is -0.444 e. The predicted octanol–water partition coefficient (Wildman–Crippen LogP) is 1.64. The number of piperidine rings is 1. The summed E-state index contributed by atoms with van der Waals surface area (Å²) in [7, 11) is 1.67. The van der Waals surface area contributed by atoms with Gasteiger partial charge in [0.25, 0.3) is 0 Å². The van der Waals surface area contributed by atoms with E-state index in [0.717, 1.165) is 12.8 Å². The number of aliphatic hydroxyl groups is 1. The van der Waals surface area contributed by atoms with E-state index in [2.05, 4.69) is 0 Å². The third-order valence-corrected chi connectivity index (χ3v) is 3.07. The molecular formula is C13H25NO4. The van der Waals surface area contributed by atoms with Crippen LogP contribution in [0.2, 0.25) is 0 Å². The maximum absolute atomic E-state index is 12.0. The van der Waals surface area contributed by atoms with Crippen molar-refractivity contribution in [1.29, 1.82) is 0 Å². The topological polar surface area (TPSA) is 59.0 Å². The molecule has 0 aromatic heterocycles. The Kier molecular flexibility index (Phi) is 5.41. The average Bonchev–Trinajstić information content (AvgIpc) is 2.27. The van der Waals surface area contributed by atoms with Gasteiger partial charge in [-0.15, -0.1) is 0 Å². The first-order valence-corrected chi connectivity index (χ1v) is 6.46. The van der Waals surface area contributed by atoms with Crippen molar-refractivity contribution in [1.82, 2.24) is 4.90 Å². The van der Waals surface area contributed by atoms with E-state index >= 15 is 0 Å². The highest BCUT2D eigenvalue weighted by Gasteiger charge is 2.33. The summed E-state index contributed by atoms with van der Waals surface area (Å²) in [6.45, 7) is 6.80. The van der Waals surface area contributed by atoms with Crippen LogP contribution in [0.3, 0.4) is 0 Å². The van der Waals surface area contributed by atoms with Gasteiger partial charge < -0.3 is 19.5 Å². The van der Waals surface area contributed by atoms with Gasteiger partial charge in [0.15, 0.2) is 0 Å². The summed E-state index contributed by atoms with van der Waals surface area (Å²) in [5.74, 6) is 0.408. The molecule has 18 heavy (non-hydrogen) atoms. The van der Waals surface area contributed by atoms with E-state index in [0.29, 0.717) is 19.1 Å². The Morgan fingerprint density at radius 3 is 2.61 bits per heavy atom. The second-order valence-corrected chi connectivity index (χ2v) is 5.86. The lowest BCUT2D eigenvalue weighted by Crippen LogP contribution is -2.50. The van der Waals surface area contributed by atoms with Crippen LogP contribution in [0.1, 0.15) is 33.6 Å². The number of likely N-dealkylation sites (tertiary alicyclic amines) is 1. The van der Waals surface area contributed by atoms with Gasteiger partial charge in [0.2, 0.25) is 0 Å². The third kappa shape index (κ3) is 4.46. The van der Waals surface area contributed by atoms with Gasteiger partial charge in [-0.25, -0.2) is 4.79 Å². The molecule has 106 valence electrons. The van der Waals surface area contributed by atoms with E-state index in [4.69, 9.17) is 9.47 Å². The quantitative estimate of drug-likeness (QED) is 0.837. The van der Waals surface area contributed by atoms with Crippen molar-refractivity contribution in [2.75, 3.05) is 26.9 Å². The Bertz CT molecular complexity index is 275. The third-order valence-electron chi connectivity index (χ3n) is 3.07. The fraction of sp³-hybridized carbons (Fsp3) is 0.923. The number of carbonyl (C=O) groups excluding carboxylic acids is 1. The maximum atomic E-state index is 12.0. The van der Waals surface area contributed by atoms with Crippen molar-refractivity contribution < 1.29 is 19.4 Å². The molecular weight excluding hydrogens is 234 g/mol. The van der Waals surface area contributed by atoms with Gasteiger partial charge >= 0.3 is 6.09 Å². The maximum Gasteiger partial charge on any atom is 0.410 e. The Labute approximate surface area is 109 Å². The molecule has 5 heteroatoms. The monoisotopic (exact) mass is 259 g/mol. The van der Waals surface area contributed by atoms with Gasteiger partial charge in [0.1, 0.15) is 5.60 Å². The molecule has 0 aromatic rings. The number of nitrogens with zero attached hydrogens (tertiary/aromatic N) is 1. The summed E-state index contributed by atoms with van der Waals surface area (Å²) < 4.78 is 10.5. The van der Waals surface area contributed by atoms with E-state index in [1.165, 1.54) is 0 Å². The minimum absolute atomic E-state index is 0.0283. The van der Waals surface area contributed by atoms with Gasteiger partial charge in [-0.05, 0) is 39.5 Å². The summed E-state index contributed by atoms with van der Waals surface area (Å²) in [5, 5.41) is 9.40. The lowest BCUT2D eigenvalue weighted by Gasteiger charge is -2.39. The fourth-order valence-corrected chi connectivity index (χ4v) is 2.26. The highest BCUT2D eigenvalue weighted by atomic mass is 16.6. The molecule has 1 aliphatic rings. The molecule has 0 aliphatic carbocycles. The Morgan fingerprint density at radius 2 is 2.11 bits per heavy atom. The predicted molar refractivity (Wildman–Crippen MR) is 68.4 cm³/mol. The van der Waals surface area contributed by atoms with Crippen LogP contribution in [0, 0.1) is 5.92 Å². The molecule has 1 fully saturated rings. The first kappa shape index (κ1) is 15.2. The Hall–Kier alpha value is -0.810. The van der Waals surface area contributed by atoms with Crippen molar-refractivity contribution >= 4 is 6.09 Å². The van der Waals surface area contributed by atoms with Crippen LogP contribution < -0.4 is 0 Å². The molecule has 0 radical (unpaired) electrons. The second-order valence-electron chi connectivity index (χ2n) is 5.86. The van der Waals surface area contributed by atoms with Crippen LogP contribution in [0.15, 0.2) is 0 Å². The fourth-order valence-electron chi connectivity index (χ4n) is 2.26. The van der Waals surface area contributed by atoms with Crippen LogP contribution >= 0.6 is 0 Å². The molecule has 2 atom stereocenters. The highest BCUT2D eigenvalue weighted by Crippen LogP contribution is 2.24. The zero-order valence-electron chi connectivity index (χ0n) is 11.8. The number of rotatable bonds is 3. The largest absolute Gasteiger partial charge is 0.444 e.